The summed E-state index contributed by atoms with van der Waals surface area (Å²) in [6, 6.07) is 14.7. The van der Waals surface area contributed by atoms with Crippen LogP contribution in [0.25, 0.3) is 0 Å². The number of aryl methyl sites for hydroxylation is 1. The normalized spacial score (nSPS) is 18.8. The van der Waals surface area contributed by atoms with Crippen LogP contribution in [0, 0.1) is 0 Å². The maximum absolute atomic E-state index is 12.2. The quantitative estimate of drug-likeness (QED) is 0.791. The molecule has 3 N–H and O–H groups in total. The summed E-state index contributed by atoms with van der Waals surface area (Å²) in [6.45, 7) is 2.59. The number of amides is 2. The third-order valence-corrected chi connectivity index (χ3v) is 4.30. The molecule has 5 heteroatoms. The fourth-order valence-corrected chi connectivity index (χ4v) is 3.10. The van der Waals surface area contributed by atoms with Crippen molar-refractivity contribution in [2.24, 2.45) is 0 Å². The second kappa shape index (κ2) is 6.93. The van der Waals surface area contributed by atoms with Crippen molar-refractivity contribution in [1.82, 2.24) is 5.32 Å². The molecule has 0 saturated carbocycles. The molecule has 1 aliphatic carbocycles. The van der Waals surface area contributed by atoms with Gasteiger partial charge in [0.25, 0.3) is 0 Å². The minimum atomic E-state index is -1.01. The first-order chi connectivity index (χ1) is 11.6. The van der Waals surface area contributed by atoms with Crippen LogP contribution < -0.4 is 15.4 Å². The summed E-state index contributed by atoms with van der Waals surface area (Å²) in [5.41, 5.74) is 1.65. The van der Waals surface area contributed by atoms with Gasteiger partial charge in [-0.1, -0.05) is 36.4 Å². The summed E-state index contributed by atoms with van der Waals surface area (Å²) in [5.74, 6) is 0.625. The molecule has 2 aromatic carbocycles. The summed E-state index contributed by atoms with van der Waals surface area (Å²) in [6.07, 6.45) is 1.44. The van der Waals surface area contributed by atoms with Crippen molar-refractivity contribution < 1.29 is 14.6 Å². The number of aliphatic hydroxyl groups is 1. The highest BCUT2D eigenvalue weighted by atomic mass is 16.5. The number of benzene rings is 2. The first-order valence-electron chi connectivity index (χ1n) is 8.20. The van der Waals surface area contributed by atoms with E-state index in [9.17, 15) is 9.90 Å². The molecule has 0 unspecified atom stereocenters. The van der Waals surface area contributed by atoms with Crippen LogP contribution >= 0.6 is 0 Å². The number of rotatable bonds is 5. The topological polar surface area (TPSA) is 70.6 Å². The standard InChI is InChI=1S/C19H22N2O3/c1-2-24-17-10-6-5-9-16(17)21-18(22)20-13-19(23)12-11-14-7-3-4-8-15(14)19/h3-10,23H,2,11-13H2,1H3,(H2,20,21,22)/t19-/m1/s1. The number of hydrogen-bond donors (Lipinski definition) is 3. The Balaban J connectivity index is 1.63. The maximum atomic E-state index is 12.2. The molecule has 0 aromatic heterocycles. The molecule has 1 aliphatic rings. The number of nitrogens with one attached hydrogen (secondary N) is 2. The Morgan fingerprint density at radius 1 is 1.21 bits per heavy atom. The Hall–Kier alpha value is -2.53. The number of urea groups is 1. The van der Waals surface area contributed by atoms with Crippen molar-refractivity contribution >= 4 is 11.7 Å². The molecule has 0 spiro atoms. The lowest BCUT2D eigenvalue weighted by atomic mass is 9.96. The average Bonchev–Trinajstić information content (AvgIpc) is 2.93. The molecule has 2 aromatic rings. The van der Waals surface area contributed by atoms with Crippen LogP contribution in [-0.2, 0) is 12.0 Å². The molecule has 126 valence electrons. The number of anilines is 1. The van der Waals surface area contributed by atoms with Crippen molar-refractivity contribution in [3.8, 4) is 5.75 Å². The number of para-hydroxylation sites is 2. The first kappa shape index (κ1) is 16.3. The second-order valence-electron chi connectivity index (χ2n) is 5.93. The maximum Gasteiger partial charge on any atom is 0.319 e. The average molecular weight is 326 g/mol. The van der Waals surface area contributed by atoms with E-state index in [2.05, 4.69) is 10.6 Å². The van der Waals surface area contributed by atoms with Gasteiger partial charge in [0.2, 0.25) is 0 Å². The summed E-state index contributed by atoms with van der Waals surface area (Å²) in [4.78, 5) is 12.2. The third-order valence-electron chi connectivity index (χ3n) is 4.30. The fourth-order valence-electron chi connectivity index (χ4n) is 3.10. The van der Waals surface area contributed by atoms with Gasteiger partial charge in [-0.05, 0) is 43.0 Å². The van der Waals surface area contributed by atoms with E-state index in [1.54, 1.807) is 12.1 Å². The van der Waals surface area contributed by atoms with Crippen LogP contribution in [0.4, 0.5) is 10.5 Å². The highest BCUT2D eigenvalue weighted by Gasteiger charge is 2.36. The molecule has 0 saturated heterocycles. The van der Waals surface area contributed by atoms with E-state index >= 15 is 0 Å². The molecule has 5 nitrogen and oxygen atoms in total. The van der Waals surface area contributed by atoms with E-state index in [0.29, 0.717) is 24.5 Å². The molecule has 1 atom stereocenters. The van der Waals surface area contributed by atoms with Gasteiger partial charge in [0.1, 0.15) is 11.4 Å². The van der Waals surface area contributed by atoms with Gasteiger partial charge in [-0.3, -0.25) is 0 Å². The minimum Gasteiger partial charge on any atom is -0.492 e. The molecule has 24 heavy (non-hydrogen) atoms. The summed E-state index contributed by atoms with van der Waals surface area (Å²) >= 11 is 0. The number of fused-ring (bicyclic) bond motifs is 1. The van der Waals surface area contributed by atoms with Gasteiger partial charge in [0.15, 0.2) is 0 Å². The third kappa shape index (κ3) is 3.36. The van der Waals surface area contributed by atoms with Gasteiger partial charge >= 0.3 is 6.03 Å². The molecule has 0 aliphatic heterocycles. The fraction of sp³-hybridized carbons (Fsp3) is 0.316. The lowest BCUT2D eigenvalue weighted by molar-refractivity contribution is 0.0417. The van der Waals surface area contributed by atoms with Crippen molar-refractivity contribution in [2.45, 2.75) is 25.4 Å². The van der Waals surface area contributed by atoms with Gasteiger partial charge in [-0.2, -0.15) is 0 Å². The lowest BCUT2D eigenvalue weighted by Gasteiger charge is -2.24. The monoisotopic (exact) mass is 326 g/mol. The summed E-state index contributed by atoms with van der Waals surface area (Å²) < 4.78 is 5.49. The summed E-state index contributed by atoms with van der Waals surface area (Å²) in [7, 11) is 0. The number of carbonyl (C=O) groups is 1. The highest BCUT2D eigenvalue weighted by Crippen LogP contribution is 2.36. The highest BCUT2D eigenvalue weighted by molar-refractivity contribution is 5.90. The molecule has 2 amide bonds. The van der Waals surface area contributed by atoms with Gasteiger partial charge in [-0.15, -0.1) is 0 Å². The Morgan fingerprint density at radius 3 is 2.79 bits per heavy atom. The Labute approximate surface area is 141 Å². The lowest BCUT2D eigenvalue weighted by Crippen LogP contribution is -2.41. The minimum absolute atomic E-state index is 0.173. The van der Waals surface area contributed by atoms with Crippen molar-refractivity contribution in [3.63, 3.8) is 0 Å². The van der Waals surface area contributed by atoms with Crippen molar-refractivity contribution in [1.29, 1.82) is 0 Å². The van der Waals surface area contributed by atoms with Gasteiger partial charge in [0.05, 0.1) is 18.8 Å². The molecular weight excluding hydrogens is 304 g/mol. The predicted molar refractivity (Wildman–Crippen MR) is 93.3 cm³/mol. The van der Waals surface area contributed by atoms with E-state index < -0.39 is 5.60 Å². The smallest absolute Gasteiger partial charge is 0.319 e. The molecule has 0 fully saturated rings. The van der Waals surface area contributed by atoms with E-state index in [4.69, 9.17) is 4.74 Å². The SMILES string of the molecule is CCOc1ccccc1NC(=O)NC[C@]1(O)CCc2ccccc21. The Kier molecular flexibility index (Phi) is 4.71. The zero-order chi connectivity index (χ0) is 17.0. The van der Waals surface area contributed by atoms with Crippen LogP contribution in [0.1, 0.15) is 24.5 Å². The predicted octanol–water partition coefficient (Wildman–Crippen LogP) is 3.04. The van der Waals surface area contributed by atoms with E-state index in [0.717, 1.165) is 17.5 Å². The first-order valence-corrected chi connectivity index (χ1v) is 8.20. The van der Waals surface area contributed by atoms with Crippen molar-refractivity contribution in [3.05, 3.63) is 59.7 Å². The molecule has 0 radical (unpaired) electrons. The van der Waals surface area contributed by atoms with Crippen molar-refractivity contribution in [2.75, 3.05) is 18.5 Å². The zero-order valence-corrected chi connectivity index (χ0v) is 13.7. The van der Waals surface area contributed by atoms with Crippen LogP contribution in [0.3, 0.4) is 0 Å². The zero-order valence-electron chi connectivity index (χ0n) is 13.7. The number of carbonyl (C=O) groups excluding carboxylic acids is 1. The largest absolute Gasteiger partial charge is 0.492 e. The molecular formula is C19H22N2O3. The molecule has 0 heterocycles. The van der Waals surface area contributed by atoms with Crippen LogP contribution in [0.5, 0.6) is 5.75 Å². The number of hydrogen-bond acceptors (Lipinski definition) is 3. The van der Waals surface area contributed by atoms with E-state index in [1.165, 1.54) is 0 Å². The van der Waals surface area contributed by atoms with Gasteiger partial charge in [0, 0.05) is 0 Å². The molecule has 3 rings (SSSR count). The molecule has 0 bridgehead atoms. The Morgan fingerprint density at radius 2 is 1.96 bits per heavy atom. The number of ether oxygens (including phenoxy) is 1. The summed E-state index contributed by atoms with van der Waals surface area (Å²) in [5, 5.41) is 16.4. The van der Waals surface area contributed by atoms with E-state index in [1.807, 2.05) is 43.3 Å². The van der Waals surface area contributed by atoms with Crippen LogP contribution in [0.2, 0.25) is 0 Å². The van der Waals surface area contributed by atoms with Crippen LogP contribution in [-0.4, -0.2) is 24.3 Å². The van der Waals surface area contributed by atoms with Crippen LogP contribution in [0.15, 0.2) is 48.5 Å². The van der Waals surface area contributed by atoms with E-state index in [-0.39, 0.29) is 12.6 Å². The Bertz CT molecular complexity index is 732. The second-order valence-corrected chi connectivity index (χ2v) is 5.93. The van der Waals surface area contributed by atoms with Gasteiger partial charge < -0.3 is 20.5 Å². The van der Waals surface area contributed by atoms with Gasteiger partial charge in [-0.25, -0.2) is 4.79 Å².